The molecule has 734 valence electrons. The van der Waals surface area contributed by atoms with Crippen LogP contribution in [0.15, 0.2) is 64.1 Å². The van der Waals surface area contributed by atoms with Crippen molar-refractivity contribution in [2.24, 2.45) is 0 Å². The molecule has 2 aromatic heterocycles. The van der Waals surface area contributed by atoms with Gasteiger partial charge in [-0.15, -0.1) is 393 Å². The van der Waals surface area contributed by atoms with E-state index in [1.54, 1.807) is 43.3 Å². The first-order valence-electron chi connectivity index (χ1n) is 32.7. The van der Waals surface area contributed by atoms with Crippen molar-refractivity contribution >= 4 is 710 Å². The van der Waals surface area contributed by atoms with Crippen molar-refractivity contribution in [2.45, 2.75) is 42.5 Å². The highest BCUT2D eigenvalue weighted by molar-refractivity contribution is 9.59. The highest BCUT2D eigenvalue weighted by Crippen LogP contribution is 3.53. The van der Waals surface area contributed by atoms with Crippen molar-refractivity contribution in [3.63, 3.8) is 0 Å². The fourth-order valence-corrected chi connectivity index (χ4v) is 1300. The lowest BCUT2D eigenvalue weighted by atomic mass is 10.1. The van der Waals surface area contributed by atoms with Crippen LogP contribution in [0.5, 0.6) is 0 Å². The Balaban J connectivity index is 0.000000690. The molecule has 99 heteroatoms. The fourth-order valence-electron chi connectivity index (χ4n) is 9.76. The van der Waals surface area contributed by atoms with E-state index < -0.39 is 90.5 Å². The zero-order valence-corrected chi connectivity index (χ0v) is 157. The van der Waals surface area contributed by atoms with Gasteiger partial charge in [-0.1, -0.05) is 31.3 Å². The number of hydrogen-bond donors (Lipinski definition) is 2. The molecule has 3 N–H and O–H groups in total. The first kappa shape index (κ1) is 153. The van der Waals surface area contributed by atoms with Crippen LogP contribution in [0.1, 0.15) is 25.3 Å². The number of nitrogens with one attached hydrogen (secondary N) is 1. The number of alkyl halides is 1. The van der Waals surface area contributed by atoms with E-state index in [1.165, 1.54) is 18.3 Å². The third kappa shape index (κ3) is 49.3. The second-order valence-corrected chi connectivity index (χ2v) is 385. The summed E-state index contributed by atoms with van der Waals surface area (Å²) < 4.78 is 64.3. The fraction of sp³-hybridized carbons (Fsp3) is 0.321. The number of aromatic nitrogens is 3. The Morgan fingerprint density at radius 1 is 0.417 bits per heavy atom. The molecule has 0 saturated carbocycles. The van der Waals surface area contributed by atoms with Crippen LogP contribution in [0, 0.1) is 5.82 Å². The SMILES string of the molecule is CC(CF)NCc1ccc(-c2cc(-c3nc(-c4ccc(S(=O)(=O)C5CCOCC5)cc4)cnc3N)on2)c(F)c1.PPP(P)P(P(P)P)P(P(P(P(P)P)P(P)P)P(P(P)P)P(P)P)P(P(P(P(P(P)P)P(P)P)P(P(P)P)P(P)P)P(P(P(P)P)P(P)P)P(P(P)P)P(P)P)P(P(P(P(P)P)P(P)P)P(P(P)P)P(P)P)P(P(P(P)P)P(P)P)P(P(P)P)P(P)P. The van der Waals surface area contributed by atoms with Crippen molar-refractivity contribution < 1.29 is 26.5 Å². The molecule has 1 fully saturated rings. The summed E-state index contributed by atoms with van der Waals surface area (Å²) in [6.45, 7) is -13.5. The van der Waals surface area contributed by atoms with Gasteiger partial charge < -0.3 is 20.3 Å². The highest BCUT2D eigenvalue weighted by Gasteiger charge is 2.66. The van der Waals surface area contributed by atoms with E-state index in [2.05, 4.69) is 413 Å². The van der Waals surface area contributed by atoms with Gasteiger partial charge in [-0.05, 0) is 343 Å². The van der Waals surface area contributed by atoms with Gasteiger partial charge >= 0.3 is 0 Å². The third-order valence-electron chi connectivity index (χ3n) is 14.5. The van der Waals surface area contributed by atoms with Gasteiger partial charge in [0.25, 0.3) is 0 Å². The minimum absolute atomic E-state index is 0.0917. The van der Waals surface area contributed by atoms with E-state index in [1.807, 2.05) is 0 Å². The van der Waals surface area contributed by atoms with Crippen LogP contribution >= 0.6 is 694 Å². The van der Waals surface area contributed by atoms with Gasteiger partial charge in [0.05, 0.1) is 22.0 Å². The summed E-state index contributed by atoms with van der Waals surface area (Å²) in [7, 11) is 162. The van der Waals surface area contributed by atoms with Crippen molar-refractivity contribution in [3.05, 3.63) is 66.1 Å². The lowest BCUT2D eigenvalue weighted by Gasteiger charge is -2.63. The maximum Gasteiger partial charge on any atom is 0.189 e. The van der Waals surface area contributed by atoms with Crippen LogP contribution < -0.4 is 11.1 Å². The van der Waals surface area contributed by atoms with Crippen LogP contribution in [-0.4, -0.2) is 54.7 Å². The summed E-state index contributed by atoms with van der Waals surface area (Å²) in [5, 5.41) is 6.50. The van der Waals surface area contributed by atoms with Gasteiger partial charge in [0.15, 0.2) is 27.1 Å². The highest BCUT2D eigenvalue weighted by atomic mass is 33.6. The predicted octanol–water partition coefficient (Wildman–Crippen LogP) is 55.7. The van der Waals surface area contributed by atoms with Gasteiger partial charge in [0.2, 0.25) is 0 Å². The Hall–Kier alpha value is 33.7. The van der Waals surface area contributed by atoms with Crippen LogP contribution in [0.2, 0.25) is 0 Å². The quantitative estimate of drug-likeness (QED) is 0.0415. The molecule has 127 heavy (non-hydrogen) atoms. The number of nitrogens with two attached hydrogens (primary N) is 1. The number of sulfone groups is 1. The maximum atomic E-state index is 14.9. The third-order valence-corrected chi connectivity index (χ3v) is 633. The van der Waals surface area contributed by atoms with Gasteiger partial charge in [-0.25, -0.2) is 27.2 Å². The molecule has 5 rings (SSSR count). The summed E-state index contributed by atoms with van der Waals surface area (Å²) in [6, 6.07) is 12.3. The van der Waals surface area contributed by atoms with Crippen molar-refractivity contribution in [2.75, 3.05) is 25.6 Å². The Kier molecular flexibility index (Phi) is 96.7. The first-order chi connectivity index (χ1) is 58.9. The number of rotatable bonds is 51. The number of nitrogen functional groups attached to an aromatic ring is 1. The molecule has 0 amide bonds. The number of halogens is 2. The topological polar surface area (TPSA) is 133 Å². The van der Waals surface area contributed by atoms with Gasteiger partial charge in [0, 0.05) is 43.0 Å². The van der Waals surface area contributed by atoms with Gasteiger partial charge in [0.1, 0.15) is 18.2 Å². The second-order valence-electron chi connectivity index (χ2n) is 23.5. The lowest BCUT2D eigenvalue weighted by molar-refractivity contribution is 0.0983. The van der Waals surface area contributed by atoms with Crippen molar-refractivity contribution in [1.29, 1.82) is 0 Å². The smallest absolute Gasteiger partial charge is 0.189 e. The lowest BCUT2D eigenvalue weighted by Crippen LogP contribution is -2.28. The predicted molar refractivity (Wildman–Crippen MR) is 872 cm³/mol. The Bertz CT molecular complexity index is 3570. The molecule has 49 atom stereocenters. The Morgan fingerprint density at radius 3 is 0.969 bits per heavy atom. The minimum Gasteiger partial charge on any atom is -0.382 e. The van der Waals surface area contributed by atoms with Crippen LogP contribution in [-0.2, 0) is 21.1 Å². The van der Waals surface area contributed by atoms with Crippen LogP contribution in [0.4, 0.5) is 14.6 Å². The summed E-state index contributed by atoms with van der Waals surface area (Å²) in [6.07, 6.45) is 2.43. The average Bonchev–Trinajstić information content (AvgIpc) is 1.43. The van der Waals surface area contributed by atoms with E-state index in [9.17, 15) is 17.2 Å². The monoisotopic (exact) mass is 3350 g/mol. The largest absolute Gasteiger partial charge is 0.382 e. The van der Waals surface area contributed by atoms with Gasteiger partial charge in [-0.3, -0.25) is 0 Å². The van der Waals surface area contributed by atoms with E-state index in [0.29, 0.717) is 49.4 Å². The molecule has 3 heterocycles. The zero-order chi connectivity index (χ0) is 97.2. The molecular weight excluding hydrogens is 3240 g/mol. The second kappa shape index (κ2) is 80.4. The maximum absolute atomic E-state index is 14.9. The molecule has 0 spiro atoms. The number of ether oxygens (including phenoxy) is 1. The van der Waals surface area contributed by atoms with Crippen molar-refractivity contribution in [3.8, 4) is 34.0 Å². The van der Waals surface area contributed by atoms with E-state index in [4.69, 9.17) is 15.0 Å². The standard InChI is InChI=1S/C28H29F2N5O4S.H89P87/c1-17(14-29)32-15-18-2-7-22(23(30)12-18)24-13-26(39-35-24)27-28(31)33-16-25(34-27)19-3-5-20(6-4-19)40(36,37)21-8-10-38-11-9-21;1-45-67(44)78(66(42)43)84(79(68(46(2)3)47(4)5)69(48(6)7)49(8)9)87(85(80(70(50(10)11)51(12)13)71(52(14)15)53(16)17)81(72(54(18)19)55(20)21)73(56(22)23)57(24)25)86(82(74(58(26)27)59(28)29)75(60(30)31)61(32)33)83(76(62(34)35)63(36)37)77(64(38)39)65(40)41/h2-7,12-13,16-17,21,32H,8-11,14-15H2,1H3,(H2,31,33);45H,1-44H2. The van der Waals surface area contributed by atoms with Gasteiger partial charge in [-0.2, -0.15) is 0 Å². The van der Waals surface area contributed by atoms with Crippen LogP contribution in [0.3, 0.4) is 0 Å². The molecule has 4 aromatic rings. The van der Waals surface area contributed by atoms with Crippen LogP contribution in [0.25, 0.3) is 34.0 Å². The molecule has 2 aromatic carbocycles. The molecule has 0 aliphatic carbocycles. The molecule has 1 saturated heterocycles. The molecule has 1 aliphatic rings. The summed E-state index contributed by atoms with van der Waals surface area (Å²) in [5.41, 5.74) is 8.51. The minimum atomic E-state index is -3.47. The number of nitrogens with zero attached hydrogens (tertiary/aromatic N) is 3. The number of hydrogen-bond acceptors (Lipinski definition) is 9. The molecule has 9 nitrogen and oxygen atoms in total. The van der Waals surface area contributed by atoms with E-state index in [0.717, 1.165) is 7.96 Å². The average molecular weight is 3350 g/mol. The molecule has 0 bridgehead atoms. The zero-order valence-electron chi connectivity index (χ0n) is 66.5. The first-order valence-corrected chi connectivity index (χ1v) is 193. The normalized spacial score (nSPS) is 15.6. The number of benzene rings is 2. The summed E-state index contributed by atoms with van der Waals surface area (Å²) in [5.74, 6) is -0.216. The number of anilines is 1. The molecular formula is C28H118F2N5O4P87S. The van der Waals surface area contributed by atoms with Crippen molar-refractivity contribution in [1.82, 2.24) is 20.4 Å². The van der Waals surface area contributed by atoms with E-state index in [-0.39, 0.29) is 270 Å². The molecule has 49 unspecified atom stereocenters. The molecule has 1 aliphatic heterocycles. The van der Waals surface area contributed by atoms with E-state index >= 15 is 0 Å². The summed E-state index contributed by atoms with van der Waals surface area (Å²) in [4.78, 5) is 9.03. The molecule has 0 radical (unpaired) electrons. The Labute approximate surface area is 912 Å². The summed E-state index contributed by atoms with van der Waals surface area (Å²) >= 11 is 0. The Morgan fingerprint density at radius 2 is 0.701 bits per heavy atom.